The van der Waals surface area contributed by atoms with Gasteiger partial charge < -0.3 is 0 Å². The van der Waals surface area contributed by atoms with Gasteiger partial charge in [0, 0.05) is 0 Å². The highest BCUT2D eigenvalue weighted by atomic mass is 19.1. The number of allylic oxidation sites excluding steroid dienone is 2. The van der Waals surface area contributed by atoms with Gasteiger partial charge in [-0.3, -0.25) is 0 Å². The van der Waals surface area contributed by atoms with Gasteiger partial charge in [0.15, 0.2) is 0 Å². The zero-order valence-corrected chi connectivity index (χ0v) is 16.8. The lowest BCUT2D eigenvalue weighted by atomic mass is 9.76. The zero-order valence-electron chi connectivity index (χ0n) is 16.8. The minimum absolute atomic E-state index is 0.153. The second-order valence-corrected chi connectivity index (χ2v) is 8.77. The molecule has 1 aromatic carbocycles. The van der Waals surface area contributed by atoms with Gasteiger partial charge in [0.05, 0.1) is 5.56 Å². The lowest BCUT2D eigenvalue weighted by Crippen LogP contribution is -2.14. The molecule has 0 unspecified atom stereocenters. The van der Waals surface area contributed by atoms with Crippen molar-refractivity contribution in [2.75, 3.05) is 0 Å². The Morgan fingerprint density at radius 2 is 1.63 bits per heavy atom. The van der Waals surface area contributed by atoms with E-state index in [4.69, 9.17) is 5.26 Å². The largest absolute Gasteiger partial charge is 0.206 e. The van der Waals surface area contributed by atoms with E-state index in [0.29, 0.717) is 11.8 Å². The van der Waals surface area contributed by atoms with Crippen LogP contribution in [0.1, 0.15) is 94.6 Å². The molecular weight excluding hydrogens is 333 g/mol. The van der Waals surface area contributed by atoms with Crippen molar-refractivity contribution >= 4 is 0 Å². The molecule has 1 nitrogen and oxygen atoms in total. The summed E-state index contributed by atoms with van der Waals surface area (Å²) in [7, 11) is 0. The molecule has 0 aromatic heterocycles. The Morgan fingerprint density at radius 1 is 1.00 bits per heavy atom. The van der Waals surface area contributed by atoms with Gasteiger partial charge in [-0.15, -0.1) is 0 Å². The Kier molecular flexibility index (Phi) is 7.50. The average molecular weight is 368 g/mol. The quantitative estimate of drug-likeness (QED) is 0.477. The van der Waals surface area contributed by atoms with Crippen LogP contribution in [0.4, 0.5) is 4.39 Å². The van der Waals surface area contributed by atoms with Gasteiger partial charge in [-0.05, 0) is 92.7 Å². The van der Waals surface area contributed by atoms with Crippen LogP contribution in [-0.2, 0) is 0 Å². The molecule has 2 saturated carbocycles. The standard InChI is InChI=1S/C25H34FN/c1-2-3-4-19-5-7-20(8-6-19)9-10-21-11-13-22(14-12-21)23-15-16-24(18-27)25(26)17-23/h9-10,15-17,19-22H,2-8,11-14H2,1H3. The van der Waals surface area contributed by atoms with Crippen LogP contribution in [0.2, 0.25) is 0 Å². The monoisotopic (exact) mass is 367 g/mol. The third-order valence-electron chi connectivity index (χ3n) is 6.87. The molecule has 27 heavy (non-hydrogen) atoms. The Bertz CT molecular complexity index is 655. The van der Waals surface area contributed by atoms with Crippen LogP contribution in [0, 0.1) is 34.9 Å². The highest BCUT2D eigenvalue weighted by Crippen LogP contribution is 2.38. The second-order valence-electron chi connectivity index (χ2n) is 8.77. The predicted octanol–water partition coefficient (Wildman–Crippen LogP) is 7.52. The molecule has 0 atom stereocenters. The maximum absolute atomic E-state index is 13.9. The van der Waals surface area contributed by atoms with Crippen molar-refractivity contribution in [1.29, 1.82) is 5.26 Å². The fraction of sp³-hybridized carbons (Fsp3) is 0.640. The first kappa shape index (κ1) is 20.1. The van der Waals surface area contributed by atoms with Crippen LogP contribution < -0.4 is 0 Å². The molecular formula is C25H34FN. The van der Waals surface area contributed by atoms with Crippen LogP contribution in [0.5, 0.6) is 0 Å². The summed E-state index contributed by atoms with van der Waals surface area (Å²) >= 11 is 0. The Labute approximate surface area is 164 Å². The molecule has 2 aliphatic rings. The first-order valence-corrected chi connectivity index (χ1v) is 11.1. The molecule has 0 bridgehead atoms. The molecule has 146 valence electrons. The zero-order chi connectivity index (χ0) is 19.1. The number of rotatable bonds is 6. The molecule has 0 aliphatic heterocycles. The number of halogens is 1. The van der Waals surface area contributed by atoms with E-state index in [9.17, 15) is 4.39 Å². The highest BCUT2D eigenvalue weighted by Gasteiger charge is 2.23. The molecule has 2 heteroatoms. The number of hydrogen-bond acceptors (Lipinski definition) is 1. The van der Waals surface area contributed by atoms with E-state index in [-0.39, 0.29) is 11.4 Å². The van der Waals surface area contributed by atoms with Crippen LogP contribution in [0.25, 0.3) is 0 Å². The molecule has 0 saturated heterocycles. The molecule has 0 spiro atoms. The van der Waals surface area contributed by atoms with Crippen LogP contribution in [0.15, 0.2) is 30.4 Å². The normalized spacial score (nSPS) is 28.9. The fourth-order valence-corrected chi connectivity index (χ4v) is 5.00. The van der Waals surface area contributed by atoms with Crippen molar-refractivity contribution < 1.29 is 4.39 Å². The molecule has 0 amide bonds. The summed E-state index contributed by atoms with van der Waals surface area (Å²) in [6.07, 6.45) is 19.4. The highest BCUT2D eigenvalue weighted by molar-refractivity contribution is 5.35. The van der Waals surface area contributed by atoms with Gasteiger partial charge in [0.25, 0.3) is 0 Å². The van der Waals surface area contributed by atoms with E-state index < -0.39 is 0 Å². The average Bonchev–Trinajstić information content (AvgIpc) is 2.72. The Morgan fingerprint density at radius 3 is 2.19 bits per heavy atom. The van der Waals surface area contributed by atoms with Crippen molar-refractivity contribution in [2.24, 2.45) is 17.8 Å². The predicted molar refractivity (Wildman–Crippen MR) is 110 cm³/mol. The summed E-state index contributed by atoms with van der Waals surface area (Å²) in [6.45, 7) is 2.29. The molecule has 2 aliphatic carbocycles. The van der Waals surface area contributed by atoms with Gasteiger partial charge in [0.1, 0.15) is 11.9 Å². The summed E-state index contributed by atoms with van der Waals surface area (Å²) in [4.78, 5) is 0. The lowest BCUT2D eigenvalue weighted by molar-refractivity contribution is 0.289. The number of hydrogen-bond donors (Lipinski definition) is 0. The van der Waals surface area contributed by atoms with E-state index in [1.54, 1.807) is 12.1 Å². The summed E-state index contributed by atoms with van der Waals surface area (Å²) in [5.41, 5.74) is 1.22. The molecule has 0 heterocycles. The minimum atomic E-state index is -0.369. The van der Waals surface area contributed by atoms with Crippen LogP contribution >= 0.6 is 0 Å². The van der Waals surface area contributed by atoms with Gasteiger partial charge in [-0.25, -0.2) is 4.39 Å². The van der Waals surface area contributed by atoms with Gasteiger partial charge >= 0.3 is 0 Å². The molecule has 0 radical (unpaired) electrons. The smallest absolute Gasteiger partial charge is 0.141 e. The van der Waals surface area contributed by atoms with Crippen molar-refractivity contribution in [1.82, 2.24) is 0 Å². The number of nitriles is 1. The maximum atomic E-state index is 13.9. The van der Waals surface area contributed by atoms with Crippen molar-refractivity contribution in [3.05, 3.63) is 47.3 Å². The van der Waals surface area contributed by atoms with Gasteiger partial charge in [0.2, 0.25) is 0 Å². The second kappa shape index (κ2) is 10.1. The van der Waals surface area contributed by atoms with Crippen LogP contribution in [0.3, 0.4) is 0 Å². The summed E-state index contributed by atoms with van der Waals surface area (Å²) in [5, 5.41) is 8.88. The SMILES string of the molecule is CCCCC1CCC(C=CC2CCC(c3ccc(C#N)c(F)c3)CC2)CC1. The third kappa shape index (κ3) is 5.68. The maximum Gasteiger partial charge on any atom is 0.141 e. The number of unbranched alkanes of at least 4 members (excludes halogenated alkanes) is 1. The van der Waals surface area contributed by atoms with Crippen molar-refractivity contribution in [3.63, 3.8) is 0 Å². The van der Waals surface area contributed by atoms with Crippen molar-refractivity contribution in [3.8, 4) is 6.07 Å². The van der Waals surface area contributed by atoms with E-state index in [1.165, 1.54) is 57.8 Å². The molecule has 0 N–H and O–H groups in total. The molecule has 1 aromatic rings. The molecule has 2 fully saturated rings. The first-order valence-electron chi connectivity index (χ1n) is 11.1. The summed E-state index contributed by atoms with van der Waals surface area (Å²) < 4.78 is 13.9. The first-order chi connectivity index (χ1) is 13.2. The third-order valence-corrected chi connectivity index (χ3v) is 6.87. The van der Waals surface area contributed by atoms with E-state index in [2.05, 4.69) is 19.1 Å². The fourth-order valence-electron chi connectivity index (χ4n) is 5.00. The molecule has 3 rings (SSSR count). The van der Waals surface area contributed by atoms with Crippen molar-refractivity contribution in [2.45, 2.75) is 83.5 Å². The van der Waals surface area contributed by atoms with Gasteiger partial charge in [-0.2, -0.15) is 5.26 Å². The Balaban J connectivity index is 1.43. The summed E-state index contributed by atoms with van der Waals surface area (Å²) in [5.74, 6) is 2.56. The van der Waals surface area contributed by atoms with E-state index in [1.807, 2.05) is 12.1 Å². The van der Waals surface area contributed by atoms with Crippen LogP contribution in [-0.4, -0.2) is 0 Å². The van der Waals surface area contributed by atoms with E-state index >= 15 is 0 Å². The van der Waals surface area contributed by atoms with E-state index in [0.717, 1.165) is 30.2 Å². The lowest BCUT2D eigenvalue weighted by Gasteiger charge is -2.29. The summed E-state index contributed by atoms with van der Waals surface area (Å²) in [6, 6.07) is 7.06. The minimum Gasteiger partial charge on any atom is -0.206 e. The Hall–Kier alpha value is -1.62. The number of nitrogens with zero attached hydrogens (tertiary/aromatic N) is 1. The topological polar surface area (TPSA) is 23.8 Å². The van der Waals surface area contributed by atoms with Gasteiger partial charge in [-0.1, -0.05) is 44.4 Å². The number of benzene rings is 1.